The SMILES string of the molecule is CCOc1ccccc1/C=C(\C#N)c1nc2ccccc2n1C. The lowest BCUT2D eigenvalue weighted by Crippen LogP contribution is -1.97. The monoisotopic (exact) mass is 303 g/mol. The number of aryl methyl sites for hydroxylation is 1. The highest BCUT2D eigenvalue weighted by molar-refractivity contribution is 5.91. The van der Waals surface area contributed by atoms with Crippen molar-refractivity contribution in [3.8, 4) is 11.8 Å². The van der Waals surface area contributed by atoms with Crippen LogP contribution < -0.4 is 4.74 Å². The topological polar surface area (TPSA) is 50.8 Å². The Morgan fingerprint density at radius 3 is 2.70 bits per heavy atom. The lowest BCUT2D eigenvalue weighted by Gasteiger charge is -2.07. The number of hydrogen-bond acceptors (Lipinski definition) is 3. The van der Waals surface area contributed by atoms with E-state index in [2.05, 4.69) is 11.1 Å². The van der Waals surface area contributed by atoms with Gasteiger partial charge in [-0.05, 0) is 31.2 Å². The molecule has 0 N–H and O–H groups in total. The zero-order valence-electron chi connectivity index (χ0n) is 13.2. The van der Waals surface area contributed by atoms with Crippen LogP contribution >= 0.6 is 0 Å². The molecule has 0 unspecified atom stereocenters. The number of fused-ring (bicyclic) bond motifs is 1. The molecular weight excluding hydrogens is 286 g/mol. The average molecular weight is 303 g/mol. The highest BCUT2D eigenvalue weighted by Gasteiger charge is 2.12. The zero-order chi connectivity index (χ0) is 16.2. The van der Waals surface area contributed by atoms with Crippen molar-refractivity contribution < 1.29 is 4.74 Å². The molecule has 0 radical (unpaired) electrons. The second kappa shape index (κ2) is 6.37. The summed E-state index contributed by atoms with van der Waals surface area (Å²) in [6.45, 7) is 2.52. The summed E-state index contributed by atoms with van der Waals surface area (Å²) in [6.07, 6.45) is 1.83. The zero-order valence-corrected chi connectivity index (χ0v) is 13.2. The molecule has 0 aliphatic carbocycles. The normalized spacial score (nSPS) is 11.4. The van der Waals surface area contributed by atoms with Crippen molar-refractivity contribution in [3.05, 3.63) is 59.9 Å². The molecule has 0 aliphatic heterocycles. The van der Waals surface area contributed by atoms with Crippen LogP contribution in [0.2, 0.25) is 0 Å². The highest BCUT2D eigenvalue weighted by Crippen LogP contribution is 2.26. The maximum absolute atomic E-state index is 9.60. The van der Waals surface area contributed by atoms with Crippen molar-refractivity contribution in [1.29, 1.82) is 5.26 Å². The number of benzene rings is 2. The Labute approximate surface area is 135 Å². The van der Waals surface area contributed by atoms with Crippen molar-refractivity contribution in [2.75, 3.05) is 6.61 Å². The second-order valence-corrected chi connectivity index (χ2v) is 5.12. The van der Waals surface area contributed by atoms with Crippen molar-refractivity contribution in [2.24, 2.45) is 7.05 Å². The van der Waals surface area contributed by atoms with Crippen LogP contribution in [0.5, 0.6) is 5.75 Å². The molecule has 3 aromatic rings. The van der Waals surface area contributed by atoms with E-state index in [1.54, 1.807) is 0 Å². The summed E-state index contributed by atoms with van der Waals surface area (Å²) < 4.78 is 7.56. The van der Waals surface area contributed by atoms with E-state index in [1.165, 1.54) is 0 Å². The average Bonchev–Trinajstić information content (AvgIpc) is 2.91. The quantitative estimate of drug-likeness (QED) is 0.684. The van der Waals surface area contributed by atoms with Gasteiger partial charge in [-0.2, -0.15) is 5.26 Å². The van der Waals surface area contributed by atoms with Gasteiger partial charge in [0, 0.05) is 12.6 Å². The molecule has 4 heteroatoms. The Kier molecular flexibility index (Phi) is 4.11. The molecule has 2 aromatic carbocycles. The first-order valence-corrected chi connectivity index (χ1v) is 7.50. The van der Waals surface area contributed by atoms with Crippen molar-refractivity contribution in [3.63, 3.8) is 0 Å². The molecule has 0 bridgehead atoms. The van der Waals surface area contributed by atoms with Gasteiger partial charge in [0.15, 0.2) is 5.82 Å². The van der Waals surface area contributed by atoms with Gasteiger partial charge in [-0.1, -0.05) is 30.3 Å². The summed E-state index contributed by atoms with van der Waals surface area (Å²) in [7, 11) is 1.92. The van der Waals surface area contributed by atoms with Gasteiger partial charge in [-0.3, -0.25) is 0 Å². The van der Waals surface area contributed by atoms with Gasteiger partial charge >= 0.3 is 0 Å². The van der Waals surface area contributed by atoms with Crippen LogP contribution in [0.4, 0.5) is 0 Å². The van der Waals surface area contributed by atoms with Crippen molar-refractivity contribution >= 4 is 22.7 Å². The van der Waals surface area contributed by atoms with E-state index in [-0.39, 0.29) is 0 Å². The van der Waals surface area contributed by atoms with Crippen LogP contribution in [0.1, 0.15) is 18.3 Å². The summed E-state index contributed by atoms with van der Waals surface area (Å²) in [5.74, 6) is 1.42. The molecule has 0 amide bonds. The minimum Gasteiger partial charge on any atom is -0.493 e. The number of aromatic nitrogens is 2. The molecule has 114 valence electrons. The fourth-order valence-corrected chi connectivity index (χ4v) is 2.58. The van der Waals surface area contributed by atoms with E-state index in [9.17, 15) is 5.26 Å². The van der Waals surface area contributed by atoms with Gasteiger partial charge in [0.1, 0.15) is 11.8 Å². The second-order valence-electron chi connectivity index (χ2n) is 5.12. The number of nitriles is 1. The van der Waals surface area contributed by atoms with Gasteiger partial charge < -0.3 is 9.30 Å². The van der Waals surface area contributed by atoms with Gasteiger partial charge in [-0.15, -0.1) is 0 Å². The lowest BCUT2D eigenvalue weighted by molar-refractivity contribution is 0.339. The summed E-state index contributed by atoms with van der Waals surface area (Å²) >= 11 is 0. The molecule has 0 atom stereocenters. The van der Waals surface area contributed by atoms with Crippen molar-refractivity contribution in [1.82, 2.24) is 9.55 Å². The third kappa shape index (κ3) is 2.82. The molecule has 1 aromatic heterocycles. The molecule has 0 saturated carbocycles. The van der Waals surface area contributed by atoms with E-state index in [0.717, 1.165) is 22.3 Å². The van der Waals surface area contributed by atoms with Crippen LogP contribution in [0.3, 0.4) is 0 Å². The molecule has 0 aliphatic rings. The Hall–Kier alpha value is -3.06. The maximum Gasteiger partial charge on any atom is 0.151 e. The lowest BCUT2D eigenvalue weighted by atomic mass is 10.1. The molecule has 3 rings (SSSR count). The number of allylic oxidation sites excluding steroid dienone is 1. The Morgan fingerprint density at radius 1 is 1.22 bits per heavy atom. The first-order chi connectivity index (χ1) is 11.2. The van der Waals surface area contributed by atoms with Crippen LogP contribution in [0, 0.1) is 11.3 Å². The largest absolute Gasteiger partial charge is 0.493 e. The summed E-state index contributed by atoms with van der Waals surface area (Å²) in [5, 5.41) is 9.60. The predicted octanol–water partition coefficient (Wildman–Crippen LogP) is 4.04. The molecule has 0 fully saturated rings. The van der Waals surface area contributed by atoms with Gasteiger partial charge in [0.25, 0.3) is 0 Å². The van der Waals surface area contributed by atoms with E-state index in [4.69, 9.17) is 4.74 Å². The van der Waals surface area contributed by atoms with Crippen LogP contribution in [0.15, 0.2) is 48.5 Å². The van der Waals surface area contributed by atoms with E-state index in [0.29, 0.717) is 18.0 Å². The number of para-hydroxylation sites is 3. The fraction of sp³-hybridized carbons (Fsp3) is 0.158. The Bertz CT molecular complexity index is 916. The molecule has 4 nitrogen and oxygen atoms in total. The van der Waals surface area contributed by atoms with Crippen LogP contribution in [-0.4, -0.2) is 16.2 Å². The molecule has 23 heavy (non-hydrogen) atoms. The van der Waals surface area contributed by atoms with Gasteiger partial charge in [0.05, 0.1) is 23.2 Å². The smallest absolute Gasteiger partial charge is 0.151 e. The van der Waals surface area contributed by atoms with Gasteiger partial charge in [-0.25, -0.2) is 4.98 Å². The number of nitrogens with zero attached hydrogens (tertiary/aromatic N) is 3. The van der Waals surface area contributed by atoms with E-state index >= 15 is 0 Å². The minimum absolute atomic E-state index is 0.510. The number of rotatable bonds is 4. The summed E-state index contributed by atoms with van der Waals surface area (Å²) in [4.78, 5) is 4.59. The predicted molar refractivity (Wildman–Crippen MR) is 91.8 cm³/mol. The Balaban J connectivity index is 2.12. The maximum atomic E-state index is 9.60. The minimum atomic E-state index is 0.510. The van der Waals surface area contributed by atoms with Crippen LogP contribution in [-0.2, 0) is 7.05 Å². The highest BCUT2D eigenvalue weighted by atomic mass is 16.5. The third-order valence-corrected chi connectivity index (χ3v) is 3.67. The van der Waals surface area contributed by atoms with Crippen molar-refractivity contribution in [2.45, 2.75) is 6.92 Å². The molecular formula is C19H17N3O. The molecule has 1 heterocycles. The standard InChI is InChI=1S/C19H17N3O/c1-3-23-18-11-7-4-8-14(18)12-15(13-20)19-21-16-9-5-6-10-17(16)22(19)2/h4-12H,3H2,1-2H3/b15-12+. The molecule has 0 spiro atoms. The van der Waals surface area contributed by atoms with E-state index < -0.39 is 0 Å². The summed E-state index contributed by atoms with van der Waals surface area (Å²) in [5.41, 5.74) is 3.26. The fourth-order valence-electron chi connectivity index (χ4n) is 2.58. The number of ether oxygens (including phenoxy) is 1. The van der Waals surface area contributed by atoms with Crippen LogP contribution in [0.25, 0.3) is 22.7 Å². The first-order valence-electron chi connectivity index (χ1n) is 7.50. The van der Waals surface area contributed by atoms with E-state index in [1.807, 2.05) is 73.1 Å². The van der Waals surface area contributed by atoms with Gasteiger partial charge in [0.2, 0.25) is 0 Å². The Morgan fingerprint density at radius 2 is 1.96 bits per heavy atom. The summed E-state index contributed by atoms with van der Waals surface area (Å²) in [6, 6.07) is 17.8. The number of hydrogen-bond donors (Lipinski definition) is 0. The number of imidazole rings is 1. The molecule has 0 saturated heterocycles. The third-order valence-electron chi connectivity index (χ3n) is 3.67. The first kappa shape index (κ1) is 14.9.